The van der Waals surface area contributed by atoms with Crippen LogP contribution >= 0.6 is 0 Å². The maximum Gasteiger partial charge on any atom is 0.300 e. The fourth-order valence-corrected chi connectivity index (χ4v) is 3.47. The largest absolute Gasteiger partial charge is 0.507 e. The molecule has 2 aromatic carbocycles. The van der Waals surface area contributed by atoms with Crippen LogP contribution in [0, 0.1) is 19.7 Å². The van der Waals surface area contributed by atoms with Crippen LogP contribution in [0.4, 0.5) is 10.1 Å². The number of anilines is 1. The third-order valence-electron chi connectivity index (χ3n) is 5.00. The minimum absolute atomic E-state index is 0.100. The lowest BCUT2D eigenvalue weighted by Gasteiger charge is -2.23. The molecular weight excluding hydrogens is 373 g/mol. The zero-order chi connectivity index (χ0) is 20.7. The molecule has 6 heteroatoms. The molecule has 3 aromatic rings. The molecule has 0 radical (unpaired) electrons. The molecule has 1 amide bonds. The van der Waals surface area contributed by atoms with Gasteiger partial charge in [0.15, 0.2) is 0 Å². The smallest absolute Gasteiger partial charge is 0.300 e. The quantitative estimate of drug-likeness (QED) is 0.400. The van der Waals surface area contributed by atoms with Crippen molar-refractivity contribution in [3.63, 3.8) is 0 Å². The first-order valence-electron chi connectivity index (χ1n) is 9.06. The van der Waals surface area contributed by atoms with Crippen molar-refractivity contribution in [3.05, 3.63) is 94.7 Å². The maximum atomic E-state index is 13.7. The molecular formula is C23H18FNO4. The van der Waals surface area contributed by atoms with E-state index in [1.165, 1.54) is 29.4 Å². The van der Waals surface area contributed by atoms with E-state index in [1.54, 1.807) is 31.2 Å². The lowest BCUT2D eigenvalue weighted by atomic mass is 9.98. The number of nitrogens with zero attached hydrogens (tertiary/aromatic N) is 1. The number of aryl methyl sites for hydroxylation is 2. The van der Waals surface area contributed by atoms with Gasteiger partial charge in [0.25, 0.3) is 11.7 Å². The molecule has 4 rings (SSSR count). The number of ketones is 1. The number of carbonyl (C=O) groups excluding carboxylic acids is 2. The van der Waals surface area contributed by atoms with Gasteiger partial charge in [0.05, 0.1) is 11.8 Å². The van der Waals surface area contributed by atoms with E-state index in [2.05, 4.69) is 0 Å². The van der Waals surface area contributed by atoms with Crippen LogP contribution in [-0.2, 0) is 9.59 Å². The van der Waals surface area contributed by atoms with Gasteiger partial charge in [-0.05, 0) is 61.9 Å². The summed E-state index contributed by atoms with van der Waals surface area (Å²) in [7, 11) is 0. The normalized spacial score (nSPS) is 18.4. The summed E-state index contributed by atoms with van der Waals surface area (Å²) in [5.74, 6) is -2.06. The van der Waals surface area contributed by atoms with Gasteiger partial charge in [-0.15, -0.1) is 0 Å². The maximum absolute atomic E-state index is 13.7. The van der Waals surface area contributed by atoms with E-state index < -0.39 is 23.5 Å². The molecule has 1 aliphatic rings. The molecule has 0 aliphatic carbocycles. The molecule has 0 spiro atoms. The number of Topliss-reactive ketones (excluding diaryl/α,β-unsaturated/α-hetero) is 1. The van der Waals surface area contributed by atoms with Gasteiger partial charge in [-0.3, -0.25) is 14.5 Å². The fourth-order valence-electron chi connectivity index (χ4n) is 3.47. The van der Waals surface area contributed by atoms with Crippen molar-refractivity contribution < 1.29 is 23.5 Å². The lowest BCUT2D eigenvalue weighted by Crippen LogP contribution is -2.29. The number of halogens is 1. The van der Waals surface area contributed by atoms with Crippen molar-refractivity contribution in [1.82, 2.24) is 0 Å². The monoisotopic (exact) mass is 391 g/mol. The Hall–Kier alpha value is -3.67. The zero-order valence-electron chi connectivity index (χ0n) is 15.8. The average Bonchev–Trinajstić information content (AvgIpc) is 3.32. The molecule has 0 bridgehead atoms. The number of aliphatic hydroxyl groups is 1. The first-order chi connectivity index (χ1) is 13.9. The molecule has 2 heterocycles. The third-order valence-corrected chi connectivity index (χ3v) is 5.00. The fraction of sp³-hybridized carbons (Fsp3) is 0.130. The average molecular weight is 391 g/mol. The SMILES string of the molecule is Cc1ccc(N2C(=O)C(=O)/C(=C(\O)c3ccc(F)c(C)c3)C2c2ccco2)cc1. The highest BCUT2D eigenvalue weighted by atomic mass is 19.1. The van der Waals surface area contributed by atoms with Crippen molar-refractivity contribution in [3.8, 4) is 0 Å². The molecule has 1 saturated heterocycles. The number of rotatable bonds is 3. The molecule has 0 saturated carbocycles. The Labute approximate surface area is 166 Å². The predicted molar refractivity (Wildman–Crippen MR) is 106 cm³/mol. The zero-order valence-corrected chi connectivity index (χ0v) is 15.8. The van der Waals surface area contributed by atoms with Gasteiger partial charge in [0, 0.05) is 11.3 Å². The summed E-state index contributed by atoms with van der Waals surface area (Å²) in [6.45, 7) is 3.47. The molecule has 146 valence electrons. The molecule has 1 atom stereocenters. The third kappa shape index (κ3) is 3.12. The molecule has 29 heavy (non-hydrogen) atoms. The van der Waals surface area contributed by atoms with Crippen LogP contribution in [-0.4, -0.2) is 16.8 Å². The summed E-state index contributed by atoms with van der Waals surface area (Å²) < 4.78 is 19.1. The molecule has 1 aromatic heterocycles. The highest BCUT2D eigenvalue weighted by Crippen LogP contribution is 2.42. The Morgan fingerprint density at radius 1 is 1.07 bits per heavy atom. The Morgan fingerprint density at radius 3 is 2.41 bits per heavy atom. The number of hydrogen-bond acceptors (Lipinski definition) is 4. The molecule has 1 aliphatic heterocycles. The number of hydrogen-bond donors (Lipinski definition) is 1. The minimum atomic E-state index is -0.932. The summed E-state index contributed by atoms with van der Waals surface area (Å²) in [6.07, 6.45) is 1.44. The Balaban J connectivity index is 1.92. The molecule has 1 fully saturated rings. The van der Waals surface area contributed by atoms with E-state index in [1.807, 2.05) is 19.1 Å². The number of aliphatic hydroxyl groups excluding tert-OH is 1. The first-order valence-corrected chi connectivity index (χ1v) is 9.06. The van der Waals surface area contributed by atoms with Crippen LogP contribution in [0.25, 0.3) is 5.76 Å². The summed E-state index contributed by atoms with van der Waals surface area (Å²) in [5.41, 5.74) is 1.98. The molecule has 1 N–H and O–H groups in total. The van der Waals surface area contributed by atoms with Gasteiger partial charge in [-0.25, -0.2) is 4.39 Å². The summed E-state index contributed by atoms with van der Waals surface area (Å²) in [4.78, 5) is 27.1. The Bertz CT molecular complexity index is 1130. The van der Waals surface area contributed by atoms with Crippen LogP contribution in [0.2, 0.25) is 0 Å². The summed E-state index contributed by atoms with van der Waals surface area (Å²) in [5, 5.41) is 10.9. The molecule has 1 unspecified atom stereocenters. The van der Waals surface area contributed by atoms with Crippen molar-refractivity contribution >= 4 is 23.1 Å². The molecule has 5 nitrogen and oxygen atoms in total. The standard InChI is InChI=1S/C23H18FNO4/c1-13-5-8-16(9-6-13)25-20(18-4-3-11-29-18)19(22(27)23(25)28)21(26)15-7-10-17(24)14(2)12-15/h3-12,20,26H,1-2H3/b21-19-. The van der Waals surface area contributed by atoms with E-state index in [-0.39, 0.29) is 16.9 Å². The Morgan fingerprint density at radius 2 is 1.79 bits per heavy atom. The van der Waals surface area contributed by atoms with E-state index >= 15 is 0 Å². The van der Waals surface area contributed by atoms with Crippen LogP contribution in [0.3, 0.4) is 0 Å². The van der Waals surface area contributed by atoms with Gasteiger partial charge in [0.1, 0.15) is 23.4 Å². The van der Waals surface area contributed by atoms with Gasteiger partial charge >= 0.3 is 0 Å². The summed E-state index contributed by atoms with van der Waals surface area (Å²) >= 11 is 0. The van der Waals surface area contributed by atoms with Crippen molar-refractivity contribution in [2.24, 2.45) is 0 Å². The van der Waals surface area contributed by atoms with E-state index in [9.17, 15) is 19.1 Å². The highest BCUT2D eigenvalue weighted by molar-refractivity contribution is 6.51. The van der Waals surface area contributed by atoms with Gasteiger partial charge < -0.3 is 9.52 Å². The number of amides is 1. The van der Waals surface area contributed by atoms with Gasteiger partial charge in [-0.2, -0.15) is 0 Å². The topological polar surface area (TPSA) is 70.8 Å². The first kappa shape index (κ1) is 18.7. The van der Waals surface area contributed by atoms with E-state index in [0.29, 0.717) is 17.0 Å². The van der Waals surface area contributed by atoms with Gasteiger partial charge in [-0.1, -0.05) is 17.7 Å². The van der Waals surface area contributed by atoms with Crippen LogP contribution in [0.1, 0.15) is 28.5 Å². The number of furan rings is 1. The van der Waals surface area contributed by atoms with Crippen LogP contribution in [0.15, 0.2) is 70.9 Å². The van der Waals surface area contributed by atoms with E-state index in [0.717, 1.165) is 5.56 Å². The lowest BCUT2D eigenvalue weighted by molar-refractivity contribution is -0.132. The number of benzene rings is 2. The predicted octanol–water partition coefficient (Wildman–Crippen LogP) is 4.66. The van der Waals surface area contributed by atoms with E-state index in [4.69, 9.17) is 4.42 Å². The van der Waals surface area contributed by atoms with Crippen molar-refractivity contribution in [2.75, 3.05) is 4.90 Å². The van der Waals surface area contributed by atoms with Crippen LogP contribution in [0.5, 0.6) is 0 Å². The highest BCUT2D eigenvalue weighted by Gasteiger charge is 2.48. The van der Waals surface area contributed by atoms with Gasteiger partial charge in [0.2, 0.25) is 0 Å². The second-order valence-corrected chi connectivity index (χ2v) is 6.98. The number of carbonyl (C=O) groups is 2. The summed E-state index contributed by atoms with van der Waals surface area (Å²) in [6, 6.07) is 13.5. The van der Waals surface area contributed by atoms with Crippen molar-refractivity contribution in [1.29, 1.82) is 0 Å². The minimum Gasteiger partial charge on any atom is -0.507 e. The van der Waals surface area contributed by atoms with Crippen LogP contribution < -0.4 is 4.90 Å². The second kappa shape index (κ2) is 7.05. The second-order valence-electron chi connectivity index (χ2n) is 6.98. The van der Waals surface area contributed by atoms with Crippen molar-refractivity contribution in [2.45, 2.75) is 19.9 Å². The Kier molecular flexibility index (Phi) is 4.54.